The highest BCUT2D eigenvalue weighted by molar-refractivity contribution is 8.04. The van der Waals surface area contributed by atoms with E-state index in [9.17, 15) is 19.7 Å². The molecule has 4 aliphatic heterocycles. The number of benzene rings is 3. The maximum Gasteiger partial charge on any atom is 0.378 e. The van der Waals surface area contributed by atoms with Crippen molar-refractivity contribution in [2.24, 2.45) is 5.10 Å². The first-order valence-electron chi connectivity index (χ1n) is 12.5. The Hall–Kier alpha value is -4.84. The summed E-state index contributed by atoms with van der Waals surface area (Å²) in [6.45, 7) is 0.0788. The van der Waals surface area contributed by atoms with Crippen molar-refractivity contribution < 1.29 is 24.0 Å². The number of hydrogen-bond acceptors (Lipinski definition) is 11. The van der Waals surface area contributed by atoms with Crippen LogP contribution in [0.5, 0.6) is 0 Å². The van der Waals surface area contributed by atoms with Crippen LogP contribution >= 0.6 is 11.8 Å². The predicted molar refractivity (Wildman–Crippen MR) is 147 cm³/mol. The number of nitro groups is 1. The number of thioether (sulfide) groups is 1. The number of ether oxygens (including phenoxy) is 2. The molecule has 40 heavy (non-hydrogen) atoms. The highest BCUT2D eigenvalue weighted by Crippen LogP contribution is 2.63. The Balaban J connectivity index is 1.39. The van der Waals surface area contributed by atoms with Crippen LogP contribution in [-0.4, -0.2) is 50.8 Å². The Morgan fingerprint density at radius 1 is 1.05 bits per heavy atom. The van der Waals surface area contributed by atoms with E-state index in [1.165, 1.54) is 41.0 Å². The van der Waals surface area contributed by atoms with Crippen molar-refractivity contribution >= 4 is 46.6 Å². The van der Waals surface area contributed by atoms with E-state index in [1.54, 1.807) is 5.01 Å². The third kappa shape index (κ3) is 3.16. The molecule has 0 unspecified atom stereocenters. The Kier molecular flexibility index (Phi) is 5.36. The third-order valence-corrected chi connectivity index (χ3v) is 8.88. The molecular formula is C28H21N5O6S. The topological polar surface area (TPSA) is 118 Å². The van der Waals surface area contributed by atoms with Crippen molar-refractivity contribution in [3.05, 3.63) is 112 Å². The summed E-state index contributed by atoms with van der Waals surface area (Å²) in [5.74, 6) is -1.41. The molecule has 0 bridgehead atoms. The van der Waals surface area contributed by atoms with Gasteiger partial charge in [0.05, 0.1) is 22.3 Å². The average Bonchev–Trinajstić information content (AvgIpc) is 3.69. The molecule has 0 N–H and O–H groups in total. The molecule has 3 aromatic rings. The number of esters is 2. The van der Waals surface area contributed by atoms with Crippen molar-refractivity contribution in [3.8, 4) is 0 Å². The minimum Gasteiger partial charge on any atom is -0.461 e. The highest BCUT2D eigenvalue weighted by atomic mass is 32.2. The second-order valence-corrected chi connectivity index (χ2v) is 10.8. The SMILES string of the molecule is O=C(OCc1ccccc1)C1=NN(c2ccc([N+](=O)[O-])cc2)[C@@]23C(=O)OC[C@@]24SC=C[C@H]4N(c2ccccc2)N13. The highest BCUT2D eigenvalue weighted by Gasteiger charge is 2.83. The monoisotopic (exact) mass is 555 g/mol. The Morgan fingerprint density at radius 3 is 2.45 bits per heavy atom. The van der Waals surface area contributed by atoms with Crippen LogP contribution in [0.25, 0.3) is 0 Å². The lowest BCUT2D eigenvalue weighted by Crippen LogP contribution is -2.67. The molecule has 2 spiro atoms. The van der Waals surface area contributed by atoms with Crippen LogP contribution in [0.1, 0.15) is 5.56 Å². The number of carbonyl (C=O) groups excluding carboxylic acids is 2. The van der Waals surface area contributed by atoms with Crippen LogP contribution in [0.15, 0.2) is 102 Å². The predicted octanol–water partition coefficient (Wildman–Crippen LogP) is 3.83. The fourth-order valence-electron chi connectivity index (χ4n) is 5.79. The van der Waals surface area contributed by atoms with E-state index in [0.29, 0.717) is 5.69 Å². The van der Waals surface area contributed by atoms with E-state index in [0.717, 1.165) is 11.3 Å². The summed E-state index contributed by atoms with van der Waals surface area (Å²) < 4.78 is 10.5. The first kappa shape index (κ1) is 24.2. The molecule has 7 rings (SSSR count). The van der Waals surface area contributed by atoms with Crippen LogP contribution in [0.2, 0.25) is 0 Å². The van der Waals surface area contributed by atoms with Gasteiger partial charge in [-0.2, -0.15) is 0 Å². The quantitative estimate of drug-likeness (QED) is 0.252. The number of nitro benzene ring substituents is 1. The number of hydrazone groups is 1. The average molecular weight is 556 g/mol. The molecule has 11 nitrogen and oxygen atoms in total. The van der Waals surface area contributed by atoms with Gasteiger partial charge in [-0.05, 0) is 35.2 Å². The number of para-hydroxylation sites is 1. The van der Waals surface area contributed by atoms with Crippen molar-refractivity contribution in [1.29, 1.82) is 0 Å². The fourth-order valence-corrected chi connectivity index (χ4v) is 7.13. The number of nitrogens with zero attached hydrogens (tertiary/aromatic N) is 5. The number of anilines is 2. The first-order chi connectivity index (χ1) is 19.5. The molecule has 0 saturated carbocycles. The summed E-state index contributed by atoms with van der Waals surface area (Å²) in [4.78, 5) is 38.6. The largest absolute Gasteiger partial charge is 0.461 e. The Morgan fingerprint density at radius 2 is 1.75 bits per heavy atom. The molecule has 200 valence electrons. The standard InChI is InChI=1S/C28H21N5O6S/c34-25(38-17-19-7-3-1-4-8-19)24-29-31(21-11-13-22(14-12-21)33(36)37)28-26(35)39-18-27(28)23(15-16-40-27)30(32(24)28)20-9-5-2-6-10-20/h1-16,23H,17-18H2/t23-,27+,28-/m1/s1. The van der Waals surface area contributed by atoms with Gasteiger partial charge >= 0.3 is 11.9 Å². The van der Waals surface area contributed by atoms with E-state index in [4.69, 9.17) is 14.6 Å². The molecule has 0 radical (unpaired) electrons. The molecule has 3 atom stereocenters. The number of rotatable bonds is 6. The molecule has 2 saturated heterocycles. The second-order valence-electron chi connectivity index (χ2n) is 9.59. The van der Waals surface area contributed by atoms with Crippen LogP contribution < -0.4 is 10.0 Å². The molecule has 4 aliphatic rings. The van der Waals surface area contributed by atoms with Gasteiger partial charge in [0.15, 0.2) is 0 Å². The molecule has 2 fully saturated rings. The molecule has 0 aromatic heterocycles. The lowest BCUT2D eigenvalue weighted by molar-refractivity contribution is -0.384. The van der Waals surface area contributed by atoms with Gasteiger partial charge in [0.1, 0.15) is 18.0 Å². The van der Waals surface area contributed by atoms with Crippen molar-refractivity contribution in [2.45, 2.75) is 23.1 Å². The van der Waals surface area contributed by atoms with Crippen LogP contribution in [0.3, 0.4) is 0 Å². The van der Waals surface area contributed by atoms with Gasteiger partial charge in [-0.3, -0.25) is 15.1 Å². The smallest absolute Gasteiger partial charge is 0.378 e. The van der Waals surface area contributed by atoms with E-state index < -0.39 is 27.3 Å². The van der Waals surface area contributed by atoms with E-state index in [-0.39, 0.29) is 30.8 Å². The summed E-state index contributed by atoms with van der Waals surface area (Å²) in [5, 5.41) is 22.9. The summed E-state index contributed by atoms with van der Waals surface area (Å²) in [6.07, 6.45) is 1.99. The fraction of sp³-hybridized carbons (Fsp3) is 0.179. The van der Waals surface area contributed by atoms with Gasteiger partial charge in [-0.1, -0.05) is 54.6 Å². The van der Waals surface area contributed by atoms with E-state index >= 15 is 0 Å². The molecule has 0 aliphatic carbocycles. The van der Waals surface area contributed by atoms with Gasteiger partial charge in [0, 0.05) is 12.1 Å². The van der Waals surface area contributed by atoms with Crippen molar-refractivity contribution in [3.63, 3.8) is 0 Å². The summed E-state index contributed by atoms with van der Waals surface area (Å²) in [7, 11) is 0. The Bertz CT molecular complexity index is 1580. The van der Waals surface area contributed by atoms with Crippen LogP contribution in [0, 0.1) is 10.1 Å². The number of cyclic esters (lactones) is 1. The van der Waals surface area contributed by atoms with Gasteiger partial charge < -0.3 is 9.47 Å². The van der Waals surface area contributed by atoms with Crippen LogP contribution in [-0.2, 0) is 25.7 Å². The molecule has 0 amide bonds. The maximum absolute atomic E-state index is 14.0. The molecule has 4 heterocycles. The van der Waals surface area contributed by atoms with Gasteiger partial charge in [-0.25, -0.2) is 19.6 Å². The molecular weight excluding hydrogens is 534 g/mol. The number of amidine groups is 1. The van der Waals surface area contributed by atoms with E-state index in [2.05, 4.69) is 0 Å². The maximum atomic E-state index is 14.0. The number of carbonyl (C=O) groups is 2. The lowest BCUT2D eigenvalue weighted by Gasteiger charge is -2.40. The summed E-state index contributed by atoms with van der Waals surface area (Å²) >= 11 is 1.45. The van der Waals surface area contributed by atoms with Gasteiger partial charge in [0.2, 0.25) is 0 Å². The third-order valence-electron chi connectivity index (χ3n) is 7.52. The Labute approximate surface area is 232 Å². The minimum atomic E-state index is -1.60. The van der Waals surface area contributed by atoms with E-state index in [1.807, 2.05) is 77.2 Å². The summed E-state index contributed by atoms with van der Waals surface area (Å²) in [6, 6.07) is 24.0. The normalized spacial score (nSPS) is 25.8. The zero-order valence-electron chi connectivity index (χ0n) is 20.8. The van der Waals surface area contributed by atoms with Crippen molar-refractivity contribution in [1.82, 2.24) is 5.01 Å². The first-order valence-corrected chi connectivity index (χ1v) is 13.4. The number of non-ortho nitro benzene ring substituents is 1. The zero-order chi connectivity index (χ0) is 27.5. The van der Waals surface area contributed by atoms with Gasteiger partial charge in [0.25, 0.3) is 17.2 Å². The van der Waals surface area contributed by atoms with Crippen molar-refractivity contribution in [2.75, 3.05) is 16.6 Å². The second kappa shape index (κ2) is 8.85. The molecule has 12 heteroatoms. The number of hydrazine groups is 1. The zero-order valence-corrected chi connectivity index (χ0v) is 21.6. The van der Waals surface area contributed by atoms with Gasteiger partial charge in [-0.15, -0.1) is 16.9 Å². The van der Waals surface area contributed by atoms with Crippen LogP contribution in [0.4, 0.5) is 17.1 Å². The lowest BCUT2D eigenvalue weighted by atomic mass is 9.88. The summed E-state index contributed by atoms with van der Waals surface area (Å²) in [5.41, 5.74) is 0.221. The number of hydrogen-bond donors (Lipinski definition) is 0. The molecule has 3 aromatic carbocycles. The minimum absolute atomic E-state index is 0.00999.